The zero-order valence-electron chi connectivity index (χ0n) is 8.46. The van der Waals surface area contributed by atoms with Crippen molar-refractivity contribution in [2.24, 2.45) is 0 Å². The van der Waals surface area contributed by atoms with Crippen LogP contribution in [0.25, 0.3) is 0 Å². The van der Waals surface area contributed by atoms with Crippen LogP contribution in [0.2, 0.25) is 0 Å². The summed E-state index contributed by atoms with van der Waals surface area (Å²) < 4.78 is 0. The van der Waals surface area contributed by atoms with Crippen LogP contribution in [0.5, 0.6) is 0 Å². The van der Waals surface area contributed by atoms with Gasteiger partial charge in [-0.25, -0.2) is 0 Å². The Morgan fingerprint density at radius 1 is 1.43 bits per heavy atom. The first-order valence-electron chi connectivity index (χ1n) is 5.19. The second kappa shape index (κ2) is 6.39. The molecule has 0 aromatic rings. The Hall–Kier alpha value is -1.08. The lowest BCUT2D eigenvalue weighted by Gasteiger charge is -2.17. The zero-order chi connectivity index (χ0) is 10.2. The Morgan fingerprint density at radius 2 is 2.29 bits per heavy atom. The molecule has 0 aromatic heterocycles. The lowest BCUT2D eigenvalue weighted by Crippen LogP contribution is -2.29. The smallest absolute Gasteiger partial charge is 0.221 e. The molecular weight excluding hydrogens is 178 g/mol. The van der Waals surface area contributed by atoms with Crippen molar-refractivity contribution < 1.29 is 4.79 Å². The summed E-state index contributed by atoms with van der Waals surface area (Å²) in [7, 11) is 0. The van der Waals surface area contributed by atoms with Crippen molar-refractivity contribution >= 4 is 5.91 Å². The number of amides is 1. The number of nitriles is 1. The molecule has 1 fully saturated rings. The maximum absolute atomic E-state index is 11.0. The van der Waals surface area contributed by atoms with Crippen molar-refractivity contribution in [3.8, 4) is 6.07 Å². The summed E-state index contributed by atoms with van der Waals surface area (Å²) in [5.41, 5.74) is 0. The number of hydrogen-bond donors (Lipinski definition) is 1. The highest BCUT2D eigenvalue weighted by atomic mass is 16.1. The van der Waals surface area contributed by atoms with E-state index in [1.54, 1.807) is 0 Å². The SMILES string of the molecule is N#CCCCCN1CCNC(=O)CC1. The average molecular weight is 195 g/mol. The first-order valence-corrected chi connectivity index (χ1v) is 5.19. The predicted molar refractivity (Wildman–Crippen MR) is 53.5 cm³/mol. The Morgan fingerprint density at radius 3 is 3.07 bits per heavy atom. The number of rotatable bonds is 4. The highest BCUT2D eigenvalue weighted by Crippen LogP contribution is 2.01. The first-order chi connectivity index (χ1) is 6.83. The van der Waals surface area contributed by atoms with E-state index < -0.39 is 0 Å². The van der Waals surface area contributed by atoms with Gasteiger partial charge in [0.25, 0.3) is 0 Å². The minimum atomic E-state index is 0.157. The maximum Gasteiger partial charge on any atom is 0.221 e. The van der Waals surface area contributed by atoms with Crippen LogP contribution in [0.1, 0.15) is 25.7 Å². The van der Waals surface area contributed by atoms with E-state index >= 15 is 0 Å². The van der Waals surface area contributed by atoms with Gasteiger partial charge in [0.05, 0.1) is 6.07 Å². The fraction of sp³-hybridized carbons (Fsp3) is 0.800. The van der Waals surface area contributed by atoms with Crippen molar-refractivity contribution in [1.82, 2.24) is 10.2 Å². The molecule has 0 bridgehead atoms. The molecule has 4 heteroatoms. The lowest BCUT2D eigenvalue weighted by atomic mass is 10.2. The van der Waals surface area contributed by atoms with Crippen LogP contribution in [0.3, 0.4) is 0 Å². The third kappa shape index (κ3) is 4.24. The minimum Gasteiger partial charge on any atom is -0.355 e. The fourth-order valence-corrected chi connectivity index (χ4v) is 1.58. The van der Waals surface area contributed by atoms with Crippen LogP contribution < -0.4 is 5.32 Å². The van der Waals surface area contributed by atoms with E-state index in [4.69, 9.17) is 5.26 Å². The standard InChI is InChI=1S/C10H17N3O/c11-5-2-1-3-7-13-8-4-10(14)12-6-9-13/h1-4,6-9H2,(H,12,14). The van der Waals surface area contributed by atoms with Crippen molar-refractivity contribution in [2.45, 2.75) is 25.7 Å². The van der Waals surface area contributed by atoms with Gasteiger partial charge in [-0.05, 0) is 19.4 Å². The van der Waals surface area contributed by atoms with E-state index in [0.717, 1.165) is 39.0 Å². The lowest BCUT2D eigenvalue weighted by molar-refractivity contribution is -0.120. The number of hydrogen-bond acceptors (Lipinski definition) is 3. The summed E-state index contributed by atoms with van der Waals surface area (Å²) in [6.07, 6.45) is 3.28. The molecule has 0 saturated carbocycles. The monoisotopic (exact) mass is 195 g/mol. The van der Waals surface area contributed by atoms with Gasteiger partial charge in [0, 0.05) is 32.5 Å². The molecule has 1 rings (SSSR count). The van der Waals surface area contributed by atoms with Crippen molar-refractivity contribution in [3.05, 3.63) is 0 Å². The second-order valence-electron chi connectivity index (χ2n) is 3.56. The molecule has 0 aromatic carbocycles. The first kappa shape index (κ1) is 11.0. The van der Waals surface area contributed by atoms with Gasteiger partial charge >= 0.3 is 0 Å². The molecular formula is C10H17N3O. The number of carbonyl (C=O) groups is 1. The molecule has 1 amide bonds. The third-order valence-electron chi connectivity index (χ3n) is 2.42. The van der Waals surface area contributed by atoms with Gasteiger partial charge in [-0.15, -0.1) is 0 Å². The molecule has 0 spiro atoms. The summed E-state index contributed by atoms with van der Waals surface area (Å²) in [5, 5.41) is 11.2. The third-order valence-corrected chi connectivity index (χ3v) is 2.42. The van der Waals surface area contributed by atoms with Crippen LogP contribution in [-0.2, 0) is 4.79 Å². The van der Waals surface area contributed by atoms with Crippen LogP contribution in [0.15, 0.2) is 0 Å². The van der Waals surface area contributed by atoms with E-state index in [0.29, 0.717) is 12.8 Å². The molecule has 0 unspecified atom stereocenters. The van der Waals surface area contributed by atoms with Crippen molar-refractivity contribution in [2.75, 3.05) is 26.2 Å². The molecule has 1 N–H and O–H groups in total. The van der Waals surface area contributed by atoms with E-state index in [1.807, 2.05) is 0 Å². The maximum atomic E-state index is 11.0. The molecule has 1 heterocycles. The fourth-order valence-electron chi connectivity index (χ4n) is 1.58. The molecule has 1 aliphatic rings. The molecule has 14 heavy (non-hydrogen) atoms. The number of unbranched alkanes of at least 4 members (excludes halogenated alkanes) is 2. The Kier molecular flexibility index (Phi) is 5.02. The Bertz CT molecular complexity index is 222. The van der Waals surface area contributed by atoms with Crippen molar-refractivity contribution in [1.29, 1.82) is 5.26 Å². The second-order valence-corrected chi connectivity index (χ2v) is 3.56. The molecule has 0 atom stereocenters. The number of carbonyl (C=O) groups excluding carboxylic acids is 1. The summed E-state index contributed by atoms with van der Waals surface area (Å²) in [5.74, 6) is 0.157. The van der Waals surface area contributed by atoms with Crippen LogP contribution in [0, 0.1) is 11.3 Å². The van der Waals surface area contributed by atoms with Gasteiger partial charge in [0.1, 0.15) is 0 Å². The van der Waals surface area contributed by atoms with E-state index in [2.05, 4.69) is 16.3 Å². The van der Waals surface area contributed by atoms with Gasteiger partial charge in [-0.2, -0.15) is 5.26 Å². The highest BCUT2D eigenvalue weighted by Gasteiger charge is 2.11. The van der Waals surface area contributed by atoms with Gasteiger partial charge in [-0.1, -0.05) is 0 Å². The van der Waals surface area contributed by atoms with E-state index in [-0.39, 0.29) is 5.91 Å². The molecule has 4 nitrogen and oxygen atoms in total. The topological polar surface area (TPSA) is 56.1 Å². The van der Waals surface area contributed by atoms with Crippen LogP contribution in [0.4, 0.5) is 0 Å². The Labute approximate surface area is 84.9 Å². The average Bonchev–Trinajstić information content (AvgIpc) is 2.38. The highest BCUT2D eigenvalue weighted by molar-refractivity contribution is 5.76. The molecule has 0 aliphatic carbocycles. The van der Waals surface area contributed by atoms with Crippen LogP contribution >= 0.6 is 0 Å². The molecule has 78 valence electrons. The van der Waals surface area contributed by atoms with Gasteiger partial charge < -0.3 is 10.2 Å². The number of nitrogens with one attached hydrogen (secondary N) is 1. The van der Waals surface area contributed by atoms with Crippen LogP contribution in [-0.4, -0.2) is 37.0 Å². The quantitative estimate of drug-likeness (QED) is 0.665. The Balaban J connectivity index is 2.11. The van der Waals surface area contributed by atoms with Gasteiger partial charge in [0.15, 0.2) is 0 Å². The predicted octanol–water partition coefficient (Wildman–Crippen LogP) is 0.502. The largest absolute Gasteiger partial charge is 0.355 e. The zero-order valence-corrected chi connectivity index (χ0v) is 8.46. The summed E-state index contributed by atoms with van der Waals surface area (Å²) in [4.78, 5) is 13.3. The molecule has 1 aliphatic heterocycles. The van der Waals surface area contributed by atoms with Crippen molar-refractivity contribution in [3.63, 3.8) is 0 Å². The van der Waals surface area contributed by atoms with E-state index in [9.17, 15) is 4.79 Å². The van der Waals surface area contributed by atoms with Gasteiger partial charge in [0.2, 0.25) is 5.91 Å². The molecule has 0 radical (unpaired) electrons. The molecule has 1 saturated heterocycles. The minimum absolute atomic E-state index is 0.157. The summed E-state index contributed by atoms with van der Waals surface area (Å²) in [6.45, 7) is 3.57. The summed E-state index contributed by atoms with van der Waals surface area (Å²) >= 11 is 0. The summed E-state index contributed by atoms with van der Waals surface area (Å²) in [6, 6.07) is 2.14. The van der Waals surface area contributed by atoms with Gasteiger partial charge in [-0.3, -0.25) is 4.79 Å². The number of nitrogens with zero attached hydrogens (tertiary/aromatic N) is 2. The van der Waals surface area contributed by atoms with E-state index in [1.165, 1.54) is 0 Å². The normalized spacial score (nSPS) is 18.4.